The molecule has 1 heterocycles. The van der Waals surface area contributed by atoms with Gasteiger partial charge in [0.15, 0.2) is 0 Å². The van der Waals surface area contributed by atoms with Gasteiger partial charge in [0.2, 0.25) is 0 Å². The van der Waals surface area contributed by atoms with E-state index in [4.69, 9.17) is 0 Å². The summed E-state index contributed by atoms with van der Waals surface area (Å²) in [5.74, 6) is 0. The minimum atomic E-state index is -0.344. The van der Waals surface area contributed by atoms with E-state index in [0.29, 0.717) is 0 Å². The second-order valence-corrected chi connectivity index (χ2v) is 3.58. The third-order valence-electron chi connectivity index (χ3n) is 2.47. The lowest BCUT2D eigenvalue weighted by molar-refractivity contribution is 0.153. The highest BCUT2D eigenvalue weighted by Gasteiger charge is 2.11. The molecule has 0 aliphatic carbocycles. The Morgan fingerprint density at radius 3 is 2.86 bits per heavy atom. The van der Waals surface area contributed by atoms with E-state index in [1.807, 2.05) is 17.7 Å². The highest BCUT2D eigenvalue weighted by molar-refractivity contribution is 5.04. The van der Waals surface area contributed by atoms with Gasteiger partial charge >= 0.3 is 0 Å². The molecule has 3 nitrogen and oxygen atoms in total. The highest BCUT2D eigenvalue weighted by atomic mass is 16.3. The van der Waals surface area contributed by atoms with E-state index >= 15 is 0 Å². The number of aliphatic hydroxyl groups excluding tert-OH is 1. The summed E-state index contributed by atoms with van der Waals surface area (Å²) >= 11 is 0. The number of rotatable bonds is 6. The Labute approximate surface area is 85.8 Å². The van der Waals surface area contributed by atoms with Crippen molar-refractivity contribution in [3.63, 3.8) is 0 Å². The average molecular weight is 196 g/mol. The van der Waals surface area contributed by atoms with Gasteiger partial charge in [-0.2, -0.15) is 5.10 Å². The maximum Gasteiger partial charge on any atom is 0.0956 e. The summed E-state index contributed by atoms with van der Waals surface area (Å²) in [6.07, 6.45) is 5.73. The lowest BCUT2D eigenvalue weighted by Crippen LogP contribution is -2.07. The second kappa shape index (κ2) is 5.81. The Morgan fingerprint density at radius 1 is 1.43 bits per heavy atom. The smallest absolute Gasteiger partial charge is 0.0956 e. The lowest BCUT2D eigenvalue weighted by Gasteiger charge is -2.11. The molecule has 0 saturated heterocycles. The van der Waals surface area contributed by atoms with Gasteiger partial charge < -0.3 is 5.11 Å². The van der Waals surface area contributed by atoms with Gasteiger partial charge in [-0.25, -0.2) is 0 Å². The SMILES string of the molecule is CCCCCC(O)c1ccnn1CC. The van der Waals surface area contributed by atoms with Gasteiger partial charge in [-0.1, -0.05) is 26.2 Å². The number of hydrogen-bond donors (Lipinski definition) is 1. The molecule has 80 valence electrons. The zero-order valence-electron chi connectivity index (χ0n) is 9.11. The van der Waals surface area contributed by atoms with Gasteiger partial charge in [0.05, 0.1) is 11.8 Å². The van der Waals surface area contributed by atoms with Crippen molar-refractivity contribution in [1.82, 2.24) is 9.78 Å². The van der Waals surface area contributed by atoms with E-state index < -0.39 is 0 Å². The molecule has 0 spiro atoms. The monoisotopic (exact) mass is 196 g/mol. The minimum absolute atomic E-state index is 0.344. The quantitative estimate of drug-likeness (QED) is 0.710. The van der Waals surface area contributed by atoms with Crippen LogP contribution in [0.15, 0.2) is 12.3 Å². The van der Waals surface area contributed by atoms with Gasteiger partial charge in [-0.15, -0.1) is 0 Å². The highest BCUT2D eigenvalue weighted by Crippen LogP contribution is 2.18. The first-order valence-corrected chi connectivity index (χ1v) is 5.49. The molecule has 0 aliphatic rings. The van der Waals surface area contributed by atoms with Crippen LogP contribution in [0, 0.1) is 0 Å². The molecule has 0 fully saturated rings. The van der Waals surface area contributed by atoms with Gasteiger partial charge in [-0.05, 0) is 19.4 Å². The van der Waals surface area contributed by atoms with Gasteiger partial charge in [0.1, 0.15) is 0 Å². The van der Waals surface area contributed by atoms with Crippen molar-refractivity contribution in [3.8, 4) is 0 Å². The van der Waals surface area contributed by atoms with Crippen molar-refractivity contribution in [2.24, 2.45) is 0 Å². The summed E-state index contributed by atoms with van der Waals surface area (Å²) < 4.78 is 1.86. The maximum atomic E-state index is 9.89. The number of nitrogens with zero attached hydrogens (tertiary/aromatic N) is 2. The van der Waals surface area contributed by atoms with Gasteiger partial charge in [-0.3, -0.25) is 4.68 Å². The van der Waals surface area contributed by atoms with Crippen LogP contribution in [0.5, 0.6) is 0 Å². The van der Waals surface area contributed by atoms with Crippen molar-refractivity contribution < 1.29 is 5.11 Å². The van der Waals surface area contributed by atoms with E-state index in [1.54, 1.807) is 6.20 Å². The molecule has 0 radical (unpaired) electrons. The summed E-state index contributed by atoms with van der Waals surface area (Å²) in [4.78, 5) is 0. The Morgan fingerprint density at radius 2 is 2.21 bits per heavy atom. The second-order valence-electron chi connectivity index (χ2n) is 3.58. The first-order chi connectivity index (χ1) is 6.79. The third kappa shape index (κ3) is 2.84. The summed E-state index contributed by atoms with van der Waals surface area (Å²) in [5.41, 5.74) is 0.948. The van der Waals surface area contributed by atoms with Gasteiger partial charge in [0, 0.05) is 12.7 Å². The predicted molar refractivity (Wildman–Crippen MR) is 57.0 cm³/mol. The molecule has 14 heavy (non-hydrogen) atoms. The van der Waals surface area contributed by atoms with E-state index in [-0.39, 0.29) is 6.10 Å². The standard InChI is InChI=1S/C11H20N2O/c1-3-5-6-7-11(14)10-8-9-12-13(10)4-2/h8-9,11,14H,3-7H2,1-2H3. The van der Waals surface area contributed by atoms with E-state index in [2.05, 4.69) is 12.0 Å². The minimum Gasteiger partial charge on any atom is -0.387 e. The van der Waals surface area contributed by atoms with Crippen molar-refractivity contribution in [3.05, 3.63) is 18.0 Å². The van der Waals surface area contributed by atoms with Crippen LogP contribution in [0.25, 0.3) is 0 Å². The zero-order chi connectivity index (χ0) is 10.4. The van der Waals surface area contributed by atoms with E-state index in [9.17, 15) is 5.11 Å². The number of unbranched alkanes of at least 4 members (excludes halogenated alkanes) is 2. The molecule has 0 aliphatic heterocycles. The largest absolute Gasteiger partial charge is 0.387 e. The summed E-state index contributed by atoms with van der Waals surface area (Å²) in [7, 11) is 0. The Balaban J connectivity index is 2.47. The molecule has 1 atom stereocenters. The summed E-state index contributed by atoms with van der Waals surface area (Å²) in [6, 6.07) is 1.90. The topological polar surface area (TPSA) is 38.1 Å². The Kier molecular flexibility index (Phi) is 4.66. The fourth-order valence-electron chi connectivity index (χ4n) is 1.63. The fourth-order valence-corrected chi connectivity index (χ4v) is 1.63. The Hall–Kier alpha value is -0.830. The molecular formula is C11H20N2O. The molecule has 0 amide bonds. The predicted octanol–water partition coefficient (Wildman–Crippen LogP) is 2.52. The molecular weight excluding hydrogens is 176 g/mol. The molecule has 0 aromatic carbocycles. The van der Waals surface area contributed by atoms with Crippen molar-refractivity contribution in [2.75, 3.05) is 0 Å². The molecule has 1 N–H and O–H groups in total. The van der Waals surface area contributed by atoms with Crippen LogP contribution in [0.3, 0.4) is 0 Å². The number of aromatic nitrogens is 2. The fraction of sp³-hybridized carbons (Fsp3) is 0.727. The Bertz CT molecular complexity index is 258. The molecule has 1 rings (SSSR count). The van der Waals surface area contributed by atoms with Crippen LogP contribution in [0.4, 0.5) is 0 Å². The summed E-state index contributed by atoms with van der Waals surface area (Å²) in [5, 5.41) is 14.0. The summed E-state index contributed by atoms with van der Waals surface area (Å²) in [6.45, 7) is 5.03. The van der Waals surface area contributed by atoms with Crippen LogP contribution in [-0.4, -0.2) is 14.9 Å². The van der Waals surface area contributed by atoms with Crippen LogP contribution in [-0.2, 0) is 6.54 Å². The van der Waals surface area contributed by atoms with Crippen molar-refractivity contribution in [1.29, 1.82) is 0 Å². The van der Waals surface area contributed by atoms with Crippen molar-refractivity contribution in [2.45, 2.75) is 52.2 Å². The maximum absolute atomic E-state index is 9.89. The molecule has 3 heteroatoms. The van der Waals surface area contributed by atoms with E-state index in [0.717, 1.165) is 25.1 Å². The molecule has 0 saturated carbocycles. The van der Waals surface area contributed by atoms with E-state index in [1.165, 1.54) is 12.8 Å². The first-order valence-electron chi connectivity index (χ1n) is 5.49. The lowest BCUT2D eigenvalue weighted by atomic mass is 10.1. The normalized spacial score (nSPS) is 13.1. The number of aryl methyl sites for hydroxylation is 1. The number of aliphatic hydroxyl groups is 1. The van der Waals surface area contributed by atoms with Gasteiger partial charge in [0.25, 0.3) is 0 Å². The third-order valence-corrected chi connectivity index (χ3v) is 2.47. The van der Waals surface area contributed by atoms with Crippen LogP contribution >= 0.6 is 0 Å². The average Bonchev–Trinajstić information content (AvgIpc) is 2.65. The first kappa shape index (κ1) is 11.2. The van der Waals surface area contributed by atoms with Crippen LogP contribution in [0.2, 0.25) is 0 Å². The number of hydrogen-bond acceptors (Lipinski definition) is 2. The molecule has 1 aromatic rings. The van der Waals surface area contributed by atoms with Crippen molar-refractivity contribution >= 4 is 0 Å². The zero-order valence-corrected chi connectivity index (χ0v) is 9.11. The molecule has 0 bridgehead atoms. The molecule has 1 aromatic heterocycles. The van der Waals surface area contributed by atoms with Crippen LogP contribution in [0.1, 0.15) is 51.3 Å². The van der Waals surface area contributed by atoms with Crippen LogP contribution < -0.4 is 0 Å². The molecule has 1 unspecified atom stereocenters.